The number of phenolic OH excluding ortho intramolecular Hbond substituents is 1. The third kappa shape index (κ3) is 3.45. The highest BCUT2D eigenvalue weighted by Crippen LogP contribution is 2.37. The van der Waals surface area contributed by atoms with Gasteiger partial charge in [0.2, 0.25) is 0 Å². The van der Waals surface area contributed by atoms with E-state index in [0.717, 1.165) is 10.2 Å². The van der Waals surface area contributed by atoms with Crippen LogP contribution in [-0.4, -0.2) is 12.2 Å². The summed E-state index contributed by atoms with van der Waals surface area (Å²) in [6, 6.07) is 10.3. The Balaban J connectivity index is 2.27. The van der Waals surface area contributed by atoms with E-state index in [1.165, 1.54) is 0 Å². The average Bonchev–Trinajstić information content (AvgIpc) is 2.41. The standard InChI is InChI=1S/C13H10BrClN2O2/c1-19-10-4-2-9(3-5-10)16-17-12-7-8(14)6-11(15)13(12)18/h2-7,18H,1H3. The number of nitrogens with zero attached hydrogens (tertiary/aromatic N) is 2. The zero-order chi connectivity index (χ0) is 13.8. The van der Waals surface area contributed by atoms with E-state index in [1.807, 2.05) is 0 Å². The van der Waals surface area contributed by atoms with Crippen molar-refractivity contribution in [2.24, 2.45) is 10.2 Å². The first-order valence-electron chi connectivity index (χ1n) is 5.34. The highest BCUT2D eigenvalue weighted by Gasteiger charge is 2.06. The number of phenols is 1. The topological polar surface area (TPSA) is 54.2 Å². The molecule has 0 aliphatic rings. The molecule has 6 heteroatoms. The minimum Gasteiger partial charge on any atom is -0.504 e. The maximum atomic E-state index is 9.76. The number of hydrogen-bond acceptors (Lipinski definition) is 4. The molecular formula is C13H10BrClN2O2. The van der Waals surface area contributed by atoms with Gasteiger partial charge in [-0.1, -0.05) is 27.5 Å². The van der Waals surface area contributed by atoms with Crippen molar-refractivity contribution < 1.29 is 9.84 Å². The zero-order valence-electron chi connectivity index (χ0n) is 9.97. The zero-order valence-corrected chi connectivity index (χ0v) is 12.3. The molecule has 0 saturated heterocycles. The fourth-order valence-electron chi connectivity index (χ4n) is 1.39. The van der Waals surface area contributed by atoms with Gasteiger partial charge in [-0.2, -0.15) is 5.11 Å². The van der Waals surface area contributed by atoms with Crippen molar-refractivity contribution in [1.29, 1.82) is 0 Å². The third-order valence-electron chi connectivity index (χ3n) is 2.35. The molecule has 0 fully saturated rings. The molecule has 4 nitrogen and oxygen atoms in total. The Labute approximate surface area is 123 Å². The lowest BCUT2D eigenvalue weighted by molar-refractivity contribution is 0.415. The fraction of sp³-hybridized carbons (Fsp3) is 0.0769. The lowest BCUT2D eigenvalue weighted by Crippen LogP contribution is -1.79. The van der Waals surface area contributed by atoms with Gasteiger partial charge in [0.1, 0.15) is 11.4 Å². The summed E-state index contributed by atoms with van der Waals surface area (Å²) in [6.45, 7) is 0. The predicted octanol–water partition coefficient (Wildman–Crippen LogP) is 5.23. The van der Waals surface area contributed by atoms with Crippen molar-refractivity contribution in [3.05, 3.63) is 45.9 Å². The van der Waals surface area contributed by atoms with Crippen molar-refractivity contribution in [3.8, 4) is 11.5 Å². The average molecular weight is 342 g/mol. The second kappa shape index (κ2) is 6.04. The van der Waals surface area contributed by atoms with Gasteiger partial charge in [-0.25, -0.2) is 0 Å². The first-order valence-corrected chi connectivity index (χ1v) is 6.51. The molecule has 2 rings (SSSR count). The van der Waals surface area contributed by atoms with Crippen LogP contribution in [0.25, 0.3) is 0 Å². The monoisotopic (exact) mass is 340 g/mol. The van der Waals surface area contributed by atoms with Crippen LogP contribution in [0.2, 0.25) is 5.02 Å². The van der Waals surface area contributed by atoms with Crippen LogP contribution in [-0.2, 0) is 0 Å². The van der Waals surface area contributed by atoms with Crippen LogP contribution < -0.4 is 4.74 Å². The Hall–Kier alpha value is -1.59. The molecule has 98 valence electrons. The van der Waals surface area contributed by atoms with E-state index < -0.39 is 0 Å². The molecule has 0 radical (unpaired) electrons. The van der Waals surface area contributed by atoms with E-state index in [-0.39, 0.29) is 10.8 Å². The van der Waals surface area contributed by atoms with E-state index >= 15 is 0 Å². The van der Waals surface area contributed by atoms with Gasteiger partial charge in [0.15, 0.2) is 5.75 Å². The maximum absolute atomic E-state index is 9.76. The number of hydrogen-bond donors (Lipinski definition) is 1. The number of benzene rings is 2. The predicted molar refractivity (Wildman–Crippen MR) is 78.0 cm³/mol. The van der Waals surface area contributed by atoms with Gasteiger partial charge in [0.05, 0.1) is 17.8 Å². The summed E-state index contributed by atoms with van der Waals surface area (Å²) in [6.07, 6.45) is 0. The summed E-state index contributed by atoms with van der Waals surface area (Å²) < 4.78 is 5.77. The maximum Gasteiger partial charge on any atom is 0.161 e. The smallest absolute Gasteiger partial charge is 0.161 e. The van der Waals surface area contributed by atoms with E-state index in [2.05, 4.69) is 26.2 Å². The molecule has 0 atom stereocenters. The van der Waals surface area contributed by atoms with Crippen LogP contribution in [0.4, 0.5) is 11.4 Å². The summed E-state index contributed by atoms with van der Waals surface area (Å²) in [5.74, 6) is 0.648. The van der Waals surface area contributed by atoms with Crippen molar-refractivity contribution in [2.45, 2.75) is 0 Å². The molecular weight excluding hydrogens is 332 g/mol. The first kappa shape index (κ1) is 13.8. The van der Waals surface area contributed by atoms with Crippen LogP contribution in [0, 0.1) is 0 Å². The second-order valence-electron chi connectivity index (χ2n) is 3.65. The SMILES string of the molecule is COc1ccc(N=Nc2cc(Br)cc(Cl)c2O)cc1. The molecule has 2 aromatic carbocycles. The van der Waals surface area contributed by atoms with Gasteiger partial charge in [-0.05, 0) is 36.4 Å². The summed E-state index contributed by atoms with van der Waals surface area (Å²) in [4.78, 5) is 0. The fourth-order valence-corrected chi connectivity index (χ4v) is 2.18. The van der Waals surface area contributed by atoms with Gasteiger partial charge in [0, 0.05) is 4.47 Å². The highest BCUT2D eigenvalue weighted by molar-refractivity contribution is 9.10. The van der Waals surface area contributed by atoms with Crippen molar-refractivity contribution in [1.82, 2.24) is 0 Å². The number of methoxy groups -OCH3 is 1. The molecule has 19 heavy (non-hydrogen) atoms. The Bertz CT molecular complexity index is 615. The van der Waals surface area contributed by atoms with E-state index in [9.17, 15) is 5.11 Å². The molecule has 0 heterocycles. The van der Waals surface area contributed by atoms with Crippen LogP contribution in [0.5, 0.6) is 11.5 Å². The number of aromatic hydroxyl groups is 1. The second-order valence-corrected chi connectivity index (χ2v) is 4.98. The van der Waals surface area contributed by atoms with Crippen molar-refractivity contribution in [2.75, 3.05) is 7.11 Å². The third-order valence-corrected chi connectivity index (χ3v) is 3.10. The number of ether oxygens (including phenoxy) is 1. The highest BCUT2D eigenvalue weighted by atomic mass is 79.9. The summed E-state index contributed by atoms with van der Waals surface area (Å²) >= 11 is 9.12. The molecule has 1 N–H and O–H groups in total. The normalized spacial score (nSPS) is 10.9. The van der Waals surface area contributed by atoms with Gasteiger partial charge < -0.3 is 9.84 Å². The van der Waals surface area contributed by atoms with Crippen LogP contribution in [0.1, 0.15) is 0 Å². The molecule has 0 aliphatic carbocycles. The van der Waals surface area contributed by atoms with E-state index in [4.69, 9.17) is 16.3 Å². The molecule has 0 aliphatic heterocycles. The minimum absolute atomic E-state index is 0.0953. The van der Waals surface area contributed by atoms with Crippen LogP contribution >= 0.6 is 27.5 Å². The number of halogens is 2. The first-order chi connectivity index (χ1) is 9.10. The Morgan fingerprint density at radius 2 is 1.84 bits per heavy atom. The summed E-state index contributed by atoms with van der Waals surface area (Å²) in [7, 11) is 1.60. The van der Waals surface area contributed by atoms with Crippen molar-refractivity contribution in [3.63, 3.8) is 0 Å². The van der Waals surface area contributed by atoms with Gasteiger partial charge in [0.25, 0.3) is 0 Å². The van der Waals surface area contributed by atoms with Gasteiger partial charge >= 0.3 is 0 Å². The minimum atomic E-state index is -0.0953. The Morgan fingerprint density at radius 3 is 2.47 bits per heavy atom. The Morgan fingerprint density at radius 1 is 1.16 bits per heavy atom. The number of rotatable bonds is 3. The van der Waals surface area contributed by atoms with Crippen LogP contribution in [0.3, 0.4) is 0 Å². The molecule has 0 bridgehead atoms. The van der Waals surface area contributed by atoms with Gasteiger partial charge in [-0.3, -0.25) is 0 Å². The molecule has 0 aromatic heterocycles. The van der Waals surface area contributed by atoms with Gasteiger partial charge in [-0.15, -0.1) is 5.11 Å². The quantitative estimate of drug-likeness (QED) is 0.777. The van der Waals surface area contributed by atoms with Crippen molar-refractivity contribution >= 4 is 38.9 Å². The van der Waals surface area contributed by atoms with Crippen LogP contribution in [0.15, 0.2) is 51.1 Å². The lowest BCUT2D eigenvalue weighted by Gasteiger charge is -2.02. The summed E-state index contributed by atoms with van der Waals surface area (Å²) in [5.41, 5.74) is 0.950. The molecule has 0 saturated carbocycles. The Kier molecular flexibility index (Phi) is 4.39. The number of azo groups is 1. The molecule has 0 amide bonds. The van der Waals surface area contributed by atoms with E-state index in [0.29, 0.717) is 11.4 Å². The largest absolute Gasteiger partial charge is 0.504 e. The summed E-state index contributed by atoms with van der Waals surface area (Å²) in [5, 5.41) is 18.0. The van der Waals surface area contributed by atoms with E-state index in [1.54, 1.807) is 43.5 Å². The molecule has 2 aromatic rings. The lowest BCUT2D eigenvalue weighted by atomic mass is 10.3. The molecule has 0 spiro atoms. The molecule has 0 unspecified atom stereocenters.